The molecule has 106 valence electrons. The second kappa shape index (κ2) is 6.80. The summed E-state index contributed by atoms with van der Waals surface area (Å²) in [7, 11) is 1.60. The van der Waals surface area contributed by atoms with E-state index in [-0.39, 0.29) is 17.6 Å². The van der Waals surface area contributed by atoms with Gasteiger partial charge in [0.2, 0.25) is 5.91 Å². The van der Waals surface area contributed by atoms with Gasteiger partial charge in [-0.15, -0.1) is 10.2 Å². The fourth-order valence-electron chi connectivity index (χ4n) is 1.30. The molecule has 1 aromatic carbocycles. The average Bonchev–Trinajstić information content (AvgIpc) is 2.91. The van der Waals surface area contributed by atoms with Crippen LogP contribution >= 0.6 is 11.8 Å². The van der Waals surface area contributed by atoms with Crippen LogP contribution in [-0.2, 0) is 11.4 Å². The lowest BCUT2D eigenvalue weighted by molar-refractivity contribution is -0.115. The fraction of sp³-hybridized carbons (Fsp3) is 0.250. The van der Waals surface area contributed by atoms with E-state index in [1.807, 2.05) is 0 Å². The molecule has 0 aliphatic carbocycles. The molecule has 8 heteroatoms. The molecular formula is C12H13N3O4S. The van der Waals surface area contributed by atoms with Crippen molar-refractivity contribution in [2.75, 3.05) is 12.9 Å². The maximum Gasteiger partial charge on any atom is 0.277 e. The van der Waals surface area contributed by atoms with E-state index in [0.717, 1.165) is 17.5 Å². The van der Waals surface area contributed by atoms with Crippen LogP contribution in [0.4, 0.5) is 0 Å². The van der Waals surface area contributed by atoms with Crippen molar-refractivity contribution < 1.29 is 18.7 Å². The number of aromatic nitrogens is 2. The average molecular weight is 295 g/mol. The molecule has 0 radical (unpaired) electrons. The lowest BCUT2D eigenvalue weighted by Gasteiger charge is -2.04. The maximum atomic E-state index is 10.6. The van der Waals surface area contributed by atoms with Crippen LogP contribution in [-0.4, -0.2) is 29.0 Å². The van der Waals surface area contributed by atoms with Crippen molar-refractivity contribution in [1.29, 1.82) is 0 Å². The molecule has 0 unspecified atom stereocenters. The molecule has 0 saturated carbocycles. The Morgan fingerprint density at radius 1 is 1.30 bits per heavy atom. The van der Waals surface area contributed by atoms with Crippen LogP contribution in [0.2, 0.25) is 0 Å². The lowest BCUT2D eigenvalue weighted by Crippen LogP contribution is -2.12. The molecule has 0 aliphatic rings. The van der Waals surface area contributed by atoms with Gasteiger partial charge in [0.05, 0.1) is 12.9 Å². The van der Waals surface area contributed by atoms with E-state index < -0.39 is 5.91 Å². The van der Waals surface area contributed by atoms with Gasteiger partial charge in [0.25, 0.3) is 11.1 Å². The molecular weight excluding hydrogens is 282 g/mol. The van der Waals surface area contributed by atoms with Crippen LogP contribution in [0.25, 0.3) is 0 Å². The quantitative estimate of drug-likeness (QED) is 0.767. The van der Waals surface area contributed by atoms with Crippen LogP contribution in [0.3, 0.4) is 0 Å². The molecule has 20 heavy (non-hydrogen) atoms. The first-order valence-electron chi connectivity index (χ1n) is 5.67. The number of amides is 1. The molecule has 1 aromatic heterocycles. The number of carbonyl (C=O) groups is 1. The van der Waals surface area contributed by atoms with E-state index in [1.165, 1.54) is 0 Å². The SMILES string of the molecule is COc1ccc(OCc2nnc(SCC(N)=O)o2)cc1. The van der Waals surface area contributed by atoms with Crippen molar-refractivity contribution in [2.45, 2.75) is 11.8 Å². The van der Waals surface area contributed by atoms with Crippen LogP contribution < -0.4 is 15.2 Å². The van der Waals surface area contributed by atoms with Crippen LogP contribution in [0.5, 0.6) is 11.5 Å². The Balaban J connectivity index is 1.85. The van der Waals surface area contributed by atoms with E-state index in [1.54, 1.807) is 31.4 Å². The molecule has 0 bridgehead atoms. The summed E-state index contributed by atoms with van der Waals surface area (Å²) in [6, 6.07) is 7.13. The third-order valence-corrected chi connectivity index (χ3v) is 3.05. The van der Waals surface area contributed by atoms with Crippen molar-refractivity contribution >= 4 is 17.7 Å². The minimum Gasteiger partial charge on any atom is -0.497 e. The van der Waals surface area contributed by atoms with Gasteiger partial charge in [-0.25, -0.2) is 0 Å². The van der Waals surface area contributed by atoms with Crippen LogP contribution in [0.15, 0.2) is 33.9 Å². The molecule has 2 N–H and O–H groups in total. The highest BCUT2D eigenvalue weighted by Crippen LogP contribution is 2.19. The number of hydrogen-bond donors (Lipinski definition) is 1. The predicted molar refractivity (Wildman–Crippen MR) is 71.5 cm³/mol. The summed E-state index contributed by atoms with van der Waals surface area (Å²) in [6.07, 6.45) is 0. The topological polar surface area (TPSA) is 100 Å². The first kappa shape index (κ1) is 14.2. The van der Waals surface area contributed by atoms with E-state index in [9.17, 15) is 4.79 Å². The number of rotatable bonds is 7. The number of nitrogens with zero attached hydrogens (tertiary/aromatic N) is 2. The zero-order valence-electron chi connectivity index (χ0n) is 10.7. The van der Waals surface area contributed by atoms with Gasteiger partial charge < -0.3 is 19.6 Å². The molecule has 0 fully saturated rings. The summed E-state index contributed by atoms with van der Waals surface area (Å²) in [5.74, 6) is 1.40. The van der Waals surface area contributed by atoms with E-state index in [4.69, 9.17) is 19.6 Å². The Kier molecular flexibility index (Phi) is 4.83. The Morgan fingerprint density at radius 2 is 2.00 bits per heavy atom. The Morgan fingerprint density at radius 3 is 2.65 bits per heavy atom. The van der Waals surface area contributed by atoms with Gasteiger partial charge in [-0.05, 0) is 24.3 Å². The van der Waals surface area contributed by atoms with Gasteiger partial charge in [0.1, 0.15) is 11.5 Å². The van der Waals surface area contributed by atoms with Gasteiger partial charge in [0.15, 0.2) is 6.61 Å². The largest absolute Gasteiger partial charge is 0.497 e. The van der Waals surface area contributed by atoms with Crippen LogP contribution in [0, 0.1) is 0 Å². The second-order valence-electron chi connectivity index (χ2n) is 3.68. The van der Waals surface area contributed by atoms with Gasteiger partial charge in [0, 0.05) is 0 Å². The molecule has 1 heterocycles. The smallest absolute Gasteiger partial charge is 0.277 e. The standard InChI is InChI=1S/C12H13N3O4S/c1-17-8-2-4-9(5-3-8)18-6-11-14-15-12(19-11)20-7-10(13)16/h2-5H,6-7H2,1H3,(H2,13,16). The van der Waals surface area contributed by atoms with E-state index in [2.05, 4.69) is 10.2 Å². The van der Waals surface area contributed by atoms with E-state index >= 15 is 0 Å². The molecule has 2 aromatic rings. The van der Waals surface area contributed by atoms with Crippen molar-refractivity contribution in [1.82, 2.24) is 10.2 Å². The number of thioether (sulfide) groups is 1. The van der Waals surface area contributed by atoms with Crippen molar-refractivity contribution in [3.05, 3.63) is 30.2 Å². The summed E-state index contributed by atoms with van der Waals surface area (Å²) in [5.41, 5.74) is 5.02. The highest BCUT2D eigenvalue weighted by atomic mass is 32.2. The first-order valence-corrected chi connectivity index (χ1v) is 6.66. The van der Waals surface area contributed by atoms with Crippen molar-refractivity contribution in [2.24, 2.45) is 5.73 Å². The molecule has 1 amide bonds. The maximum absolute atomic E-state index is 10.6. The van der Waals surface area contributed by atoms with Crippen molar-refractivity contribution in [3.63, 3.8) is 0 Å². The fourth-order valence-corrected chi connectivity index (χ4v) is 1.82. The Bertz CT molecular complexity index is 570. The van der Waals surface area contributed by atoms with Gasteiger partial charge in [-0.3, -0.25) is 4.79 Å². The third kappa shape index (κ3) is 4.16. The third-order valence-electron chi connectivity index (χ3n) is 2.21. The monoisotopic (exact) mass is 295 g/mol. The summed E-state index contributed by atoms with van der Waals surface area (Å²) in [5, 5.41) is 7.86. The number of primary amides is 1. The van der Waals surface area contributed by atoms with Gasteiger partial charge >= 0.3 is 0 Å². The highest BCUT2D eigenvalue weighted by molar-refractivity contribution is 7.99. The molecule has 7 nitrogen and oxygen atoms in total. The van der Waals surface area contributed by atoms with Crippen LogP contribution in [0.1, 0.15) is 5.89 Å². The Labute approximate surface area is 119 Å². The first-order chi connectivity index (χ1) is 9.67. The zero-order chi connectivity index (χ0) is 14.4. The minimum absolute atomic E-state index is 0.0982. The number of methoxy groups -OCH3 is 1. The molecule has 0 aliphatic heterocycles. The number of ether oxygens (including phenoxy) is 2. The molecule has 0 saturated heterocycles. The summed E-state index contributed by atoms with van der Waals surface area (Å²) < 4.78 is 15.8. The molecule has 0 atom stereocenters. The number of nitrogens with two attached hydrogens (primary N) is 1. The van der Waals surface area contributed by atoms with Gasteiger partial charge in [-0.2, -0.15) is 0 Å². The number of carbonyl (C=O) groups excluding carboxylic acids is 1. The second-order valence-corrected chi connectivity index (χ2v) is 4.61. The number of benzene rings is 1. The summed E-state index contributed by atoms with van der Waals surface area (Å²) in [6.45, 7) is 0.149. The summed E-state index contributed by atoms with van der Waals surface area (Å²) >= 11 is 1.09. The molecule has 0 spiro atoms. The molecule has 2 rings (SSSR count). The minimum atomic E-state index is -0.441. The van der Waals surface area contributed by atoms with Crippen molar-refractivity contribution in [3.8, 4) is 11.5 Å². The predicted octanol–water partition coefficient (Wildman–Crippen LogP) is 1.23. The zero-order valence-corrected chi connectivity index (χ0v) is 11.6. The van der Waals surface area contributed by atoms with E-state index in [0.29, 0.717) is 11.6 Å². The summed E-state index contributed by atoms with van der Waals surface area (Å²) in [4.78, 5) is 10.6. The highest BCUT2D eigenvalue weighted by Gasteiger charge is 2.08. The number of hydrogen-bond acceptors (Lipinski definition) is 7. The Hall–Kier alpha value is -2.22. The normalized spacial score (nSPS) is 10.2. The van der Waals surface area contributed by atoms with Gasteiger partial charge in [-0.1, -0.05) is 11.8 Å². The lowest BCUT2D eigenvalue weighted by atomic mass is 10.3.